The molecule has 0 fully saturated rings. The Hall–Kier alpha value is -3.35. The first-order valence-electron chi connectivity index (χ1n) is 8.92. The molecule has 0 bridgehead atoms. The Labute approximate surface area is 163 Å². The van der Waals surface area contributed by atoms with Crippen molar-refractivity contribution in [2.75, 3.05) is 26.1 Å². The van der Waals surface area contributed by atoms with Crippen molar-refractivity contribution in [3.63, 3.8) is 0 Å². The lowest BCUT2D eigenvalue weighted by Gasteiger charge is -2.13. The SMILES string of the molecule is CCOc1nc2cc(C)c(C)cc2nc1C(=O)Nc1ccc(OC)c(OC)c1. The van der Waals surface area contributed by atoms with Crippen LogP contribution < -0.4 is 19.5 Å². The quantitative estimate of drug-likeness (QED) is 0.697. The van der Waals surface area contributed by atoms with Gasteiger partial charge in [-0.1, -0.05) is 0 Å². The van der Waals surface area contributed by atoms with Gasteiger partial charge in [0.2, 0.25) is 5.88 Å². The molecule has 1 amide bonds. The molecule has 0 spiro atoms. The first-order chi connectivity index (χ1) is 13.5. The van der Waals surface area contributed by atoms with E-state index in [0.29, 0.717) is 34.8 Å². The highest BCUT2D eigenvalue weighted by atomic mass is 16.5. The number of amides is 1. The number of fused-ring (bicyclic) bond motifs is 1. The number of carbonyl (C=O) groups excluding carboxylic acids is 1. The largest absolute Gasteiger partial charge is 0.493 e. The molecule has 28 heavy (non-hydrogen) atoms. The van der Waals surface area contributed by atoms with E-state index in [2.05, 4.69) is 15.3 Å². The van der Waals surface area contributed by atoms with E-state index in [1.165, 1.54) is 7.11 Å². The fourth-order valence-electron chi connectivity index (χ4n) is 2.78. The minimum absolute atomic E-state index is 0.132. The number of anilines is 1. The predicted molar refractivity (Wildman–Crippen MR) is 108 cm³/mol. The van der Waals surface area contributed by atoms with Gasteiger partial charge in [-0.15, -0.1) is 0 Å². The Morgan fingerprint density at radius 2 is 1.61 bits per heavy atom. The summed E-state index contributed by atoms with van der Waals surface area (Å²) in [7, 11) is 3.09. The van der Waals surface area contributed by atoms with Crippen molar-refractivity contribution in [3.05, 3.63) is 47.2 Å². The maximum atomic E-state index is 12.9. The molecule has 0 aliphatic rings. The highest BCUT2D eigenvalue weighted by Crippen LogP contribution is 2.30. The number of ether oxygens (including phenoxy) is 3. The molecule has 0 saturated heterocycles. The zero-order chi connectivity index (χ0) is 20.3. The van der Waals surface area contributed by atoms with Crippen LogP contribution in [0, 0.1) is 13.8 Å². The van der Waals surface area contributed by atoms with E-state index >= 15 is 0 Å². The molecule has 1 aromatic heterocycles. The Balaban J connectivity index is 2.00. The third kappa shape index (κ3) is 3.83. The van der Waals surface area contributed by atoms with Crippen molar-refractivity contribution in [2.24, 2.45) is 0 Å². The van der Waals surface area contributed by atoms with E-state index in [4.69, 9.17) is 14.2 Å². The highest BCUT2D eigenvalue weighted by molar-refractivity contribution is 6.05. The minimum Gasteiger partial charge on any atom is -0.493 e. The third-order valence-corrected chi connectivity index (χ3v) is 4.39. The van der Waals surface area contributed by atoms with Gasteiger partial charge in [0.05, 0.1) is 31.9 Å². The van der Waals surface area contributed by atoms with Crippen molar-refractivity contribution in [2.45, 2.75) is 20.8 Å². The standard InChI is InChI=1S/C21H23N3O4/c1-6-28-21-19(23-15-9-12(2)13(3)10-16(15)24-21)20(25)22-14-7-8-17(26-4)18(11-14)27-5/h7-11H,6H2,1-5H3,(H,22,25). The van der Waals surface area contributed by atoms with Crippen LogP contribution in [-0.4, -0.2) is 36.7 Å². The van der Waals surface area contributed by atoms with Gasteiger partial charge in [0.15, 0.2) is 17.2 Å². The summed E-state index contributed by atoms with van der Waals surface area (Å²) in [5.41, 5.74) is 4.20. The van der Waals surface area contributed by atoms with Gasteiger partial charge in [-0.2, -0.15) is 0 Å². The molecule has 146 valence electrons. The van der Waals surface area contributed by atoms with Gasteiger partial charge in [0.1, 0.15) is 0 Å². The van der Waals surface area contributed by atoms with E-state index in [-0.39, 0.29) is 11.6 Å². The first-order valence-corrected chi connectivity index (χ1v) is 8.92. The number of nitrogens with zero attached hydrogens (tertiary/aromatic N) is 2. The molecule has 1 N–H and O–H groups in total. The van der Waals surface area contributed by atoms with Crippen LogP contribution in [0.5, 0.6) is 17.4 Å². The second-order valence-electron chi connectivity index (χ2n) is 6.26. The van der Waals surface area contributed by atoms with Crippen molar-refractivity contribution in [1.82, 2.24) is 9.97 Å². The lowest BCUT2D eigenvalue weighted by molar-refractivity contribution is 0.101. The molecule has 3 aromatic rings. The topological polar surface area (TPSA) is 82.6 Å². The van der Waals surface area contributed by atoms with Crippen LogP contribution in [0.3, 0.4) is 0 Å². The minimum atomic E-state index is -0.414. The summed E-state index contributed by atoms with van der Waals surface area (Å²) in [5, 5.41) is 2.82. The Morgan fingerprint density at radius 1 is 0.964 bits per heavy atom. The second kappa shape index (κ2) is 8.12. The number of hydrogen-bond acceptors (Lipinski definition) is 6. The predicted octanol–water partition coefficient (Wildman–Crippen LogP) is 3.91. The third-order valence-electron chi connectivity index (χ3n) is 4.39. The molecule has 7 nitrogen and oxygen atoms in total. The van der Waals surface area contributed by atoms with Crippen LogP contribution in [0.2, 0.25) is 0 Å². The Bertz CT molecular complexity index is 1030. The zero-order valence-electron chi connectivity index (χ0n) is 16.6. The molecule has 0 aliphatic carbocycles. The highest BCUT2D eigenvalue weighted by Gasteiger charge is 2.19. The van der Waals surface area contributed by atoms with Crippen molar-refractivity contribution in [3.8, 4) is 17.4 Å². The molecule has 0 unspecified atom stereocenters. The van der Waals surface area contributed by atoms with E-state index in [1.54, 1.807) is 25.3 Å². The van der Waals surface area contributed by atoms with Crippen LogP contribution in [0.4, 0.5) is 5.69 Å². The molecular formula is C21H23N3O4. The van der Waals surface area contributed by atoms with E-state index in [1.807, 2.05) is 32.9 Å². The van der Waals surface area contributed by atoms with Crippen LogP contribution >= 0.6 is 0 Å². The summed E-state index contributed by atoms with van der Waals surface area (Å²) in [6.45, 7) is 6.22. The summed E-state index contributed by atoms with van der Waals surface area (Å²) in [6.07, 6.45) is 0. The number of methoxy groups -OCH3 is 2. The lowest BCUT2D eigenvalue weighted by atomic mass is 10.1. The van der Waals surface area contributed by atoms with Crippen molar-refractivity contribution < 1.29 is 19.0 Å². The van der Waals surface area contributed by atoms with Crippen LogP contribution in [-0.2, 0) is 0 Å². The van der Waals surface area contributed by atoms with Gasteiger partial charge in [0, 0.05) is 11.8 Å². The fourth-order valence-corrected chi connectivity index (χ4v) is 2.78. The molecule has 0 saturated carbocycles. The van der Waals surface area contributed by atoms with Gasteiger partial charge >= 0.3 is 0 Å². The summed E-state index contributed by atoms with van der Waals surface area (Å²) in [4.78, 5) is 21.9. The lowest BCUT2D eigenvalue weighted by Crippen LogP contribution is -2.17. The van der Waals surface area contributed by atoms with Gasteiger partial charge in [-0.25, -0.2) is 9.97 Å². The van der Waals surface area contributed by atoms with E-state index in [9.17, 15) is 4.79 Å². The van der Waals surface area contributed by atoms with Gasteiger partial charge < -0.3 is 19.5 Å². The van der Waals surface area contributed by atoms with E-state index < -0.39 is 5.91 Å². The van der Waals surface area contributed by atoms with Gasteiger partial charge in [-0.3, -0.25) is 4.79 Å². The van der Waals surface area contributed by atoms with Gasteiger partial charge in [-0.05, 0) is 56.2 Å². The smallest absolute Gasteiger partial charge is 0.279 e. The van der Waals surface area contributed by atoms with Crippen LogP contribution in [0.25, 0.3) is 11.0 Å². The number of carbonyl (C=O) groups is 1. The van der Waals surface area contributed by atoms with E-state index in [0.717, 1.165) is 11.1 Å². The number of rotatable bonds is 6. The normalized spacial score (nSPS) is 10.6. The zero-order valence-corrected chi connectivity index (χ0v) is 16.6. The monoisotopic (exact) mass is 381 g/mol. The Kier molecular flexibility index (Phi) is 5.63. The summed E-state index contributed by atoms with van der Waals surface area (Å²) in [6, 6.07) is 8.98. The molecule has 3 rings (SSSR count). The maximum absolute atomic E-state index is 12.9. The molecular weight excluding hydrogens is 358 g/mol. The molecule has 0 atom stereocenters. The van der Waals surface area contributed by atoms with Crippen molar-refractivity contribution >= 4 is 22.6 Å². The number of hydrogen-bond donors (Lipinski definition) is 1. The van der Waals surface area contributed by atoms with Gasteiger partial charge in [0.25, 0.3) is 5.91 Å². The number of nitrogens with one attached hydrogen (secondary N) is 1. The molecule has 7 heteroatoms. The van der Waals surface area contributed by atoms with Crippen LogP contribution in [0.1, 0.15) is 28.5 Å². The molecule has 0 radical (unpaired) electrons. The number of aromatic nitrogens is 2. The average Bonchev–Trinajstić information content (AvgIpc) is 2.68. The number of benzene rings is 2. The maximum Gasteiger partial charge on any atom is 0.279 e. The fraction of sp³-hybridized carbons (Fsp3) is 0.286. The molecule has 0 aliphatic heterocycles. The molecule has 1 heterocycles. The summed E-state index contributed by atoms with van der Waals surface area (Å²) in [5.74, 6) is 0.882. The Morgan fingerprint density at radius 3 is 2.21 bits per heavy atom. The summed E-state index contributed by atoms with van der Waals surface area (Å²) >= 11 is 0. The van der Waals surface area contributed by atoms with Crippen molar-refractivity contribution in [1.29, 1.82) is 0 Å². The first kappa shape index (κ1) is 19.4. The molecule has 2 aromatic carbocycles. The second-order valence-corrected chi connectivity index (χ2v) is 6.26. The number of aryl methyl sites for hydroxylation is 2. The van der Waals surface area contributed by atoms with Crippen LogP contribution in [0.15, 0.2) is 30.3 Å². The summed E-state index contributed by atoms with van der Waals surface area (Å²) < 4.78 is 16.1. The average molecular weight is 381 g/mol.